The Hall–Kier alpha value is -2.60. The highest BCUT2D eigenvalue weighted by molar-refractivity contribution is 7.11. The number of aromatic nitrogens is 1. The fourth-order valence-corrected chi connectivity index (χ4v) is 3.73. The maximum atomic E-state index is 12.6. The molecule has 1 aliphatic rings. The summed E-state index contributed by atoms with van der Waals surface area (Å²) in [5, 5.41) is 14.2. The second-order valence-corrected chi connectivity index (χ2v) is 7.44. The van der Waals surface area contributed by atoms with Gasteiger partial charge in [-0.1, -0.05) is 54.1 Å². The SMILES string of the molecule is C1COCC[NH2+]1.[N-]=C=C(C(=O)c1ccccc1Cl)c1nc(-c2ccccc2)cs1. The van der Waals surface area contributed by atoms with Crippen LogP contribution in [-0.4, -0.2) is 42.9 Å². The maximum Gasteiger partial charge on any atom is 0.203 e. The predicted molar refractivity (Wildman–Crippen MR) is 118 cm³/mol. The van der Waals surface area contributed by atoms with Crippen LogP contribution in [0.25, 0.3) is 22.2 Å². The van der Waals surface area contributed by atoms with Gasteiger partial charge in [-0.25, -0.2) is 4.98 Å². The number of ether oxygens (including phenoxy) is 1. The average Bonchev–Trinajstić information content (AvgIpc) is 3.27. The van der Waals surface area contributed by atoms with Crippen LogP contribution in [0, 0.1) is 0 Å². The van der Waals surface area contributed by atoms with Crippen molar-refractivity contribution in [2.45, 2.75) is 0 Å². The number of hydrogen-bond acceptors (Lipinski definition) is 4. The van der Waals surface area contributed by atoms with E-state index >= 15 is 0 Å². The fraction of sp³-hybridized carbons (Fsp3) is 0.182. The van der Waals surface area contributed by atoms with Gasteiger partial charge in [-0.15, -0.1) is 11.3 Å². The van der Waals surface area contributed by atoms with Crippen molar-refractivity contribution in [2.75, 3.05) is 26.3 Å². The molecular formula is C22H20ClN3O2S. The molecule has 0 unspecified atom stereocenters. The van der Waals surface area contributed by atoms with Crippen LogP contribution in [0.4, 0.5) is 0 Å². The lowest BCUT2D eigenvalue weighted by Crippen LogP contribution is -2.87. The van der Waals surface area contributed by atoms with Gasteiger partial charge < -0.3 is 15.5 Å². The Labute approximate surface area is 178 Å². The number of quaternary nitrogens is 1. The molecule has 1 aromatic heterocycles. The largest absolute Gasteiger partial charge is 0.763 e. The van der Waals surface area contributed by atoms with E-state index in [2.05, 4.69) is 10.3 Å². The van der Waals surface area contributed by atoms with Crippen LogP contribution in [0.3, 0.4) is 0 Å². The van der Waals surface area contributed by atoms with Crippen LogP contribution in [0.1, 0.15) is 15.4 Å². The van der Waals surface area contributed by atoms with E-state index in [0.29, 0.717) is 15.6 Å². The van der Waals surface area contributed by atoms with Gasteiger partial charge in [-0.05, 0) is 12.1 Å². The molecule has 148 valence electrons. The summed E-state index contributed by atoms with van der Waals surface area (Å²) in [4.78, 5) is 17.0. The monoisotopic (exact) mass is 425 g/mol. The van der Waals surface area contributed by atoms with E-state index in [1.807, 2.05) is 41.6 Å². The Kier molecular flexibility index (Phi) is 7.87. The Morgan fingerprint density at radius 1 is 1.10 bits per heavy atom. The summed E-state index contributed by atoms with van der Waals surface area (Å²) in [7, 11) is 0. The van der Waals surface area contributed by atoms with Crippen LogP contribution in [-0.2, 0) is 4.74 Å². The van der Waals surface area contributed by atoms with Crippen molar-refractivity contribution in [3.8, 4) is 11.3 Å². The minimum Gasteiger partial charge on any atom is -0.763 e. The van der Waals surface area contributed by atoms with E-state index < -0.39 is 5.78 Å². The third-order valence-electron chi connectivity index (χ3n) is 4.18. The van der Waals surface area contributed by atoms with E-state index in [9.17, 15) is 10.2 Å². The standard InChI is InChI=1S/C18H10ClN2OS.C4H9NO/c19-15-9-5-4-8-13(15)17(22)14(10-20)18-21-16(11-23-18)12-6-2-1-3-7-12;1-3-6-4-2-5-1/h1-9,11H;5H,1-4H2/q-1;/p+1. The lowest BCUT2D eigenvalue weighted by atomic mass is 10.0. The highest BCUT2D eigenvalue weighted by atomic mass is 35.5. The predicted octanol–water partition coefficient (Wildman–Crippen LogP) is 3.55. The van der Waals surface area contributed by atoms with Gasteiger partial charge in [0.1, 0.15) is 5.01 Å². The summed E-state index contributed by atoms with van der Waals surface area (Å²) in [5.74, 6) is 1.55. The number of nitrogens with zero attached hydrogens (tertiary/aromatic N) is 2. The molecule has 1 aliphatic heterocycles. The lowest BCUT2D eigenvalue weighted by molar-refractivity contribution is -0.670. The topological polar surface area (TPSA) is 78.1 Å². The summed E-state index contributed by atoms with van der Waals surface area (Å²) >= 11 is 7.32. The number of carbonyl (C=O) groups excluding carboxylic acids is 1. The van der Waals surface area contributed by atoms with Crippen molar-refractivity contribution in [1.29, 1.82) is 0 Å². The normalized spacial score (nSPS) is 13.0. The van der Waals surface area contributed by atoms with E-state index in [0.717, 1.165) is 37.6 Å². The molecule has 2 heterocycles. The van der Waals surface area contributed by atoms with Gasteiger partial charge in [0.05, 0.1) is 42.6 Å². The molecule has 1 fully saturated rings. The molecule has 1 saturated heterocycles. The summed E-state index contributed by atoms with van der Waals surface area (Å²) < 4.78 is 5.04. The number of ketones is 1. The van der Waals surface area contributed by atoms with Crippen molar-refractivity contribution >= 4 is 40.2 Å². The Morgan fingerprint density at radius 3 is 2.38 bits per heavy atom. The first kappa shape index (κ1) is 21.1. The minimum atomic E-state index is -0.410. The van der Waals surface area contributed by atoms with Gasteiger partial charge in [0.2, 0.25) is 5.78 Å². The van der Waals surface area contributed by atoms with Crippen LogP contribution in [0.15, 0.2) is 60.0 Å². The zero-order valence-electron chi connectivity index (χ0n) is 15.7. The molecule has 4 rings (SSSR count). The Balaban J connectivity index is 0.000000343. The van der Waals surface area contributed by atoms with E-state index in [1.54, 1.807) is 24.3 Å². The summed E-state index contributed by atoms with van der Waals surface area (Å²) in [5.41, 5.74) is 2.00. The van der Waals surface area contributed by atoms with Crippen molar-refractivity contribution in [3.63, 3.8) is 0 Å². The highest BCUT2D eigenvalue weighted by Gasteiger charge is 2.18. The maximum absolute atomic E-state index is 12.6. The molecule has 2 N–H and O–H groups in total. The number of benzene rings is 2. The molecule has 0 radical (unpaired) electrons. The molecule has 0 amide bonds. The molecule has 0 spiro atoms. The molecule has 5 nitrogen and oxygen atoms in total. The number of allylic oxidation sites excluding steroid dienone is 1. The molecule has 7 heteroatoms. The van der Waals surface area contributed by atoms with Gasteiger partial charge in [0.25, 0.3) is 0 Å². The third kappa shape index (κ3) is 5.70. The molecule has 3 aromatic rings. The smallest absolute Gasteiger partial charge is 0.203 e. The number of morpholine rings is 1. The number of nitrogens with two attached hydrogens (primary N) is 1. The molecule has 0 saturated carbocycles. The van der Waals surface area contributed by atoms with E-state index in [1.165, 1.54) is 11.3 Å². The molecule has 0 atom stereocenters. The first-order valence-electron chi connectivity index (χ1n) is 9.17. The summed E-state index contributed by atoms with van der Waals surface area (Å²) in [6.45, 7) is 4.19. The lowest BCUT2D eigenvalue weighted by Gasteiger charge is -2.07. The minimum absolute atomic E-state index is 0.00489. The molecular weight excluding hydrogens is 406 g/mol. The van der Waals surface area contributed by atoms with Crippen molar-refractivity contribution in [1.82, 2.24) is 4.98 Å². The summed E-state index contributed by atoms with van der Waals surface area (Å²) in [6, 6.07) is 16.3. The highest BCUT2D eigenvalue weighted by Crippen LogP contribution is 2.28. The van der Waals surface area contributed by atoms with Gasteiger partial charge >= 0.3 is 0 Å². The summed E-state index contributed by atoms with van der Waals surface area (Å²) in [6.07, 6.45) is 0. The number of rotatable bonds is 4. The number of thiazole rings is 1. The Bertz CT molecular complexity index is 998. The third-order valence-corrected chi connectivity index (χ3v) is 5.37. The molecule has 0 aliphatic carbocycles. The average molecular weight is 426 g/mol. The van der Waals surface area contributed by atoms with Gasteiger partial charge in [0.15, 0.2) is 0 Å². The van der Waals surface area contributed by atoms with Crippen LogP contribution < -0.4 is 5.32 Å². The molecule has 0 bridgehead atoms. The van der Waals surface area contributed by atoms with Crippen molar-refractivity contribution in [3.05, 3.63) is 81.0 Å². The number of halogens is 1. The second-order valence-electron chi connectivity index (χ2n) is 6.18. The van der Waals surface area contributed by atoms with Crippen LogP contribution >= 0.6 is 22.9 Å². The van der Waals surface area contributed by atoms with Crippen LogP contribution in [0.5, 0.6) is 0 Å². The van der Waals surface area contributed by atoms with E-state index in [-0.39, 0.29) is 5.57 Å². The zero-order valence-corrected chi connectivity index (χ0v) is 17.2. The van der Waals surface area contributed by atoms with Crippen molar-refractivity contribution < 1.29 is 14.8 Å². The zero-order chi connectivity index (χ0) is 20.5. The van der Waals surface area contributed by atoms with E-state index in [4.69, 9.17) is 16.3 Å². The fourth-order valence-electron chi connectivity index (χ4n) is 2.69. The number of Topliss-reactive ketones (excluding diaryl/α,β-unsaturated/α-hetero) is 1. The van der Waals surface area contributed by atoms with Gasteiger partial charge in [-0.3, -0.25) is 10.7 Å². The number of carbonyl (C=O) groups is 1. The van der Waals surface area contributed by atoms with Gasteiger partial charge in [0, 0.05) is 16.5 Å². The Morgan fingerprint density at radius 2 is 1.79 bits per heavy atom. The molecule has 29 heavy (non-hydrogen) atoms. The second kappa shape index (κ2) is 10.8. The van der Waals surface area contributed by atoms with Crippen LogP contribution in [0.2, 0.25) is 5.02 Å². The number of hydrogen-bond donors (Lipinski definition) is 1. The van der Waals surface area contributed by atoms with Crippen molar-refractivity contribution in [2.24, 2.45) is 0 Å². The first-order chi connectivity index (χ1) is 14.2. The van der Waals surface area contributed by atoms with Gasteiger partial charge in [-0.2, -0.15) is 0 Å². The quantitative estimate of drug-likeness (QED) is 0.394. The molecule has 2 aromatic carbocycles. The first-order valence-corrected chi connectivity index (χ1v) is 10.4.